The number of halogens is 2. The zero-order valence-corrected chi connectivity index (χ0v) is 15.9. The first-order valence-corrected chi connectivity index (χ1v) is 9.38. The van der Waals surface area contributed by atoms with Crippen molar-refractivity contribution in [2.45, 2.75) is 12.8 Å². The van der Waals surface area contributed by atoms with Gasteiger partial charge in [-0.2, -0.15) is 10.2 Å². The standard InChI is InChI=1S/C20H16ClFN4O3/c21-14-10-13(3-4-15(14)22)24-18(27)12-5-7-26(8-6-12)20-16(11-23)25-19(29-20)17-2-1-9-28-17/h1-4,9-10,12H,5-8H2,(H,24,27). The molecule has 1 aliphatic rings. The number of anilines is 2. The summed E-state index contributed by atoms with van der Waals surface area (Å²) in [4.78, 5) is 18.6. The summed E-state index contributed by atoms with van der Waals surface area (Å²) in [6.07, 6.45) is 2.65. The Morgan fingerprint density at radius 3 is 2.79 bits per heavy atom. The number of oxazole rings is 1. The third kappa shape index (κ3) is 3.96. The SMILES string of the molecule is N#Cc1nc(-c2ccco2)oc1N1CCC(C(=O)Nc2ccc(F)c(Cl)c2)CC1. The topological polar surface area (TPSA) is 95.3 Å². The molecule has 0 spiro atoms. The summed E-state index contributed by atoms with van der Waals surface area (Å²) in [7, 11) is 0. The summed E-state index contributed by atoms with van der Waals surface area (Å²) in [5, 5.41) is 12.1. The molecular weight excluding hydrogens is 399 g/mol. The molecule has 7 nitrogen and oxygen atoms in total. The Hall–Kier alpha value is -3.31. The average Bonchev–Trinajstić information content (AvgIpc) is 3.40. The number of piperidine rings is 1. The Kier molecular flexibility index (Phi) is 5.23. The first kappa shape index (κ1) is 19.0. The lowest BCUT2D eigenvalue weighted by atomic mass is 9.96. The molecular formula is C20H16ClFN4O3. The molecule has 148 valence electrons. The Morgan fingerprint density at radius 1 is 1.34 bits per heavy atom. The summed E-state index contributed by atoms with van der Waals surface area (Å²) in [5.41, 5.74) is 0.633. The van der Waals surface area contributed by atoms with Crippen LogP contribution in [0.4, 0.5) is 16.0 Å². The Balaban J connectivity index is 1.41. The minimum atomic E-state index is -0.535. The highest BCUT2D eigenvalue weighted by atomic mass is 35.5. The molecule has 1 amide bonds. The summed E-state index contributed by atoms with van der Waals surface area (Å²) in [6, 6.07) is 9.52. The number of benzene rings is 1. The summed E-state index contributed by atoms with van der Waals surface area (Å²) in [5.74, 6) is 0.166. The summed E-state index contributed by atoms with van der Waals surface area (Å²) >= 11 is 5.76. The fraction of sp³-hybridized carbons (Fsp3) is 0.250. The largest absolute Gasteiger partial charge is 0.459 e. The third-order valence-electron chi connectivity index (χ3n) is 4.79. The molecule has 0 aliphatic carbocycles. The van der Waals surface area contributed by atoms with Crippen molar-refractivity contribution >= 4 is 29.1 Å². The maximum atomic E-state index is 13.3. The number of hydrogen-bond acceptors (Lipinski definition) is 6. The number of carbonyl (C=O) groups is 1. The number of nitrogens with zero attached hydrogens (tertiary/aromatic N) is 3. The maximum Gasteiger partial charge on any atom is 0.266 e. The van der Waals surface area contributed by atoms with Gasteiger partial charge >= 0.3 is 0 Å². The van der Waals surface area contributed by atoms with Crippen LogP contribution in [0, 0.1) is 23.1 Å². The molecule has 1 saturated heterocycles. The molecule has 2 aromatic heterocycles. The van der Waals surface area contributed by atoms with Crippen molar-refractivity contribution in [3.05, 3.63) is 53.1 Å². The van der Waals surface area contributed by atoms with Gasteiger partial charge in [-0.15, -0.1) is 0 Å². The van der Waals surface area contributed by atoms with Gasteiger partial charge in [-0.25, -0.2) is 4.39 Å². The number of nitriles is 1. The average molecular weight is 415 g/mol. The van der Waals surface area contributed by atoms with Crippen molar-refractivity contribution < 1.29 is 18.0 Å². The molecule has 4 rings (SSSR count). The first-order chi connectivity index (χ1) is 14.0. The van der Waals surface area contributed by atoms with Gasteiger partial charge in [-0.1, -0.05) is 11.6 Å². The first-order valence-electron chi connectivity index (χ1n) is 9.01. The molecule has 0 atom stereocenters. The van der Waals surface area contributed by atoms with Gasteiger partial charge in [-0.05, 0) is 43.2 Å². The smallest absolute Gasteiger partial charge is 0.266 e. The van der Waals surface area contributed by atoms with E-state index in [2.05, 4.69) is 10.3 Å². The highest BCUT2D eigenvalue weighted by Gasteiger charge is 2.29. The second kappa shape index (κ2) is 7.97. The molecule has 1 N–H and O–H groups in total. The zero-order chi connectivity index (χ0) is 20.4. The van der Waals surface area contributed by atoms with Crippen molar-refractivity contribution in [2.75, 3.05) is 23.3 Å². The van der Waals surface area contributed by atoms with Crippen molar-refractivity contribution in [1.29, 1.82) is 5.26 Å². The fourth-order valence-electron chi connectivity index (χ4n) is 3.27. The number of hydrogen-bond donors (Lipinski definition) is 1. The van der Waals surface area contributed by atoms with E-state index in [-0.39, 0.29) is 28.4 Å². The number of nitrogens with one attached hydrogen (secondary N) is 1. The summed E-state index contributed by atoms with van der Waals surface area (Å²) in [6.45, 7) is 1.06. The monoisotopic (exact) mass is 414 g/mol. The molecule has 3 heterocycles. The van der Waals surface area contributed by atoms with E-state index in [4.69, 9.17) is 20.4 Å². The minimum Gasteiger partial charge on any atom is -0.459 e. The van der Waals surface area contributed by atoms with E-state index in [9.17, 15) is 14.4 Å². The van der Waals surface area contributed by atoms with E-state index < -0.39 is 5.82 Å². The lowest BCUT2D eigenvalue weighted by Gasteiger charge is -2.30. The van der Waals surface area contributed by atoms with Crippen LogP contribution in [-0.4, -0.2) is 24.0 Å². The lowest BCUT2D eigenvalue weighted by Crippen LogP contribution is -2.38. The summed E-state index contributed by atoms with van der Waals surface area (Å²) < 4.78 is 24.3. The van der Waals surface area contributed by atoms with Crippen molar-refractivity contribution in [1.82, 2.24) is 4.98 Å². The predicted octanol–water partition coefficient (Wildman–Crippen LogP) is 4.45. The van der Waals surface area contributed by atoms with Crippen LogP contribution in [0.15, 0.2) is 45.4 Å². The molecule has 0 bridgehead atoms. The Labute approximate surface area is 170 Å². The predicted molar refractivity (Wildman–Crippen MR) is 104 cm³/mol. The van der Waals surface area contributed by atoms with Gasteiger partial charge in [-0.3, -0.25) is 4.79 Å². The Morgan fingerprint density at radius 2 is 2.14 bits per heavy atom. The van der Waals surface area contributed by atoms with E-state index in [0.29, 0.717) is 43.3 Å². The zero-order valence-electron chi connectivity index (χ0n) is 15.2. The van der Waals surface area contributed by atoms with E-state index >= 15 is 0 Å². The van der Waals surface area contributed by atoms with Gasteiger partial charge in [0.1, 0.15) is 11.9 Å². The molecule has 9 heteroatoms. The van der Waals surface area contributed by atoms with Crippen LogP contribution in [0.1, 0.15) is 18.5 Å². The van der Waals surface area contributed by atoms with Gasteiger partial charge in [0.2, 0.25) is 17.5 Å². The molecule has 0 radical (unpaired) electrons. The molecule has 3 aromatic rings. The van der Waals surface area contributed by atoms with Crippen LogP contribution in [0.5, 0.6) is 0 Å². The van der Waals surface area contributed by atoms with Gasteiger partial charge in [0.25, 0.3) is 5.89 Å². The maximum absolute atomic E-state index is 13.3. The molecule has 1 aliphatic heterocycles. The number of furan rings is 1. The number of aromatic nitrogens is 1. The molecule has 1 fully saturated rings. The molecule has 1 aromatic carbocycles. The van der Waals surface area contributed by atoms with Crippen molar-refractivity contribution in [3.63, 3.8) is 0 Å². The van der Waals surface area contributed by atoms with Gasteiger partial charge in [0, 0.05) is 24.7 Å². The minimum absolute atomic E-state index is 0.0423. The van der Waals surface area contributed by atoms with Crippen molar-refractivity contribution in [3.8, 4) is 17.7 Å². The molecule has 29 heavy (non-hydrogen) atoms. The highest BCUT2D eigenvalue weighted by molar-refractivity contribution is 6.31. The van der Waals surface area contributed by atoms with Crippen LogP contribution in [0.3, 0.4) is 0 Å². The number of carbonyl (C=O) groups excluding carboxylic acids is 1. The van der Waals surface area contributed by atoms with E-state index in [1.807, 2.05) is 11.0 Å². The van der Waals surface area contributed by atoms with Crippen molar-refractivity contribution in [2.24, 2.45) is 5.92 Å². The lowest BCUT2D eigenvalue weighted by molar-refractivity contribution is -0.120. The number of amides is 1. The molecule has 0 saturated carbocycles. The fourth-order valence-corrected chi connectivity index (χ4v) is 3.45. The van der Waals surface area contributed by atoms with E-state index in [0.717, 1.165) is 0 Å². The second-order valence-electron chi connectivity index (χ2n) is 6.64. The quantitative estimate of drug-likeness (QED) is 0.677. The van der Waals surface area contributed by atoms with Gasteiger partial charge in [0.15, 0.2) is 5.76 Å². The van der Waals surface area contributed by atoms with Crippen LogP contribution < -0.4 is 10.2 Å². The van der Waals surface area contributed by atoms with E-state index in [1.165, 1.54) is 24.5 Å². The van der Waals surface area contributed by atoms with Crippen LogP contribution in [0.2, 0.25) is 5.02 Å². The second-order valence-corrected chi connectivity index (χ2v) is 7.05. The number of rotatable bonds is 4. The normalized spacial score (nSPS) is 14.6. The third-order valence-corrected chi connectivity index (χ3v) is 5.08. The molecule has 0 unspecified atom stereocenters. The van der Waals surface area contributed by atoms with Crippen LogP contribution >= 0.6 is 11.6 Å². The van der Waals surface area contributed by atoms with Gasteiger partial charge in [0.05, 0.1) is 11.3 Å². The van der Waals surface area contributed by atoms with Crippen LogP contribution in [0.25, 0.3) is 11.7 Å². The van der Waals surface area contributed by atoms with E-state index in [1.54, 1.807) is 12.1 Å². The Bertz CT molecular complexity index is 1070. The van der Waals surface area contributed by atoms with Gasteiger partial charge < -0.3 is 19.1 Å². The highest BCUT2D eigenvalue weighted by Crippen LogP contribution is 2.31. The van der Waals surface area contributed by atoms with Crippen LogP contribution in [-0.2, 0) is 4.79 Å².